The summed E-state index contributed by atoms with van der Waals surface area (Å²) < 4.78 is 14.1. The normalized spacial score (nSPS) is 20.3. The molecule has 1 fully saturated rings. The molecule has 0 radical (unpaired) electrons. The molecule has 0 aromatic carbocycles. The van der Waals surface area contributed by atoms with Gasteiger partial charge in [0, 0.05) is 11.1 Å². The highest BCUT2D eigenvalue weighted by molar-refractivity contribution is 6.20. The Kier molecular flexibility index (Phi) is 3.98. The summed E-state index contributed by atoms with van der Waals surface area (Å²) in [6.45, 7) is 4.86. The van der Waals surface area contributed by atoms with Crippen LogP contribution in [0.2, 0.25) is 0 Å². The first-order valence-corrected chi connectivity index (χ1v) is 6.62. The first-order chi connectivity index (χ1) is 9.06. The molecule has 102 valence electrons. The van der Waals surface area contributed by atoms with E-state index in [1.807, 2.05) is 0 Å². The maximum Gasteiger partial charge on any atom is 0.261 e. The van der Waals surface area contributed by atoms with Crippen LogP contribution >= 0.6 is 0 Å². The van der Waals surface area contributed by atoms with E-state index in [1.165, 1.54) is 6.08 Å². The molecule has 0 N–H and O–H groups in total. The minimum absolute atomic E-state index is 0.234. The minimum atomic E-state index is -0.441. The van der Waals surface area contributed by atoms with E-state index in [1.54, 1.807) is 6.92 Å². The van der Waals surface area contributed by atoms with Crippen molar-refractivity contribution < 1.29 is 14.0 Å². The van der Waals surface area contributed by atoms with Gasteiger partial charge in [-0.1, -0.05) is 19.1 Å². The van der Waals surface area contributed by atoms with E-state index in [0.717, 1.165) is 42.6 Å². The summed E-state index contributed by atoms with van der Waals surface area (Å²) in [5.41, 5.74) is 1.39. The van der Waals surface area contributed by atoms with Crippen molar-refractivity contribution in [3.05, 3.63) is 35.2 Å². The van der Waals surface area contributed by atoms with Crippen LogP contribution in [0, 0.1) is 0 Å². The number of allylic oxidation sites excluding steroid dienone is 1. The summed E-state index contributed by atoms with van der Waals surface area (Å²) in [5.74, 6) is -1.17. The van der Waals surface area contributed by atoms with E-state index in [4.69, 9.17) is 0 Å². The van der Waals surface area contributed by atoms with E-state index in [9.17, 15) is 14.0 Å². The summed E-state index contributed by atoms with van der Waals surface area (Å²) in [6, 6.07) is 0. The Bertz CT molecular complexity index is 494. The van der Waals surface area contributed by atoms with Crippen LogP contribution in [0.5, 0.6) is 0 Å². The van der Waals surface area contributed by atoms with Gasteiger partial charge < -0.3 is 0 Å². The van der Waals surface area contributed by atoms with Crippen LogP contribution in [0.15, 0.2) is 35.2 Å². The van der Waals surface area contributed by atoms with Gasteiger partial charge in [0.1, 0.15) is 5.83 Å². The molecule has 1 heterocycles. The number of rotatable bonds is 3. The number of hydrogen-bond donors (Lipinski definition) is 0. The molecule has 2 amide bonds. The first kappa shape index (κ1) is 13.7. The summed E-state index contributed by atoms with van der Waals surface area (Å²) in [7, 11) is 0. The Balaban J connectivity index is 2.15. The van der Waals surface area contributed by atoms with Gasteiger partial charge in [0.2, 0.25) is 0 Å². The van der Waals surface area contributed by atoms with Gasteiger partial charge in [0.05, 0.1) is 6.54 Å². The van der Waals surface area contributed by atoms with Crippen LogP contribution in [0.4, 0.5) is 4.39 Å². The van der Waals surface area contributed by atoms with Crippen molar-refractivity contribution >= 4 is 11.8 Å². The first-order valence-electron chi connectivity index (χ1n) is 6.62. The molecule has 1 aliphatic carbocycles. The molecular formula is C15H18FNO2. The number of amides is 2. The quantitative estimate of drug-likeness (QED) is 0.734. The summed E-state index contributed by atoms with van der Waals surface area (Å²) in [6.07, 6.45) is 5.94. The summed E-state index contributed by atoms with van der Waals surface area (Å²) in [5, 5.41) is 0. The molecule has 0 aromatic rings. The maximum absolute atomic E-state index is 14.1. The lowest BCUT2D eigenvalue weighted by Crippen LogP contribution is -2.33. The molecule has 0 atom stereocenters. The number of hydrogen-bond acceptors (Lipinski definition) is 2. The molecule has 1 aliphatic heterocycles. The fourth-order valence-electron chi connectivity index (χ4n) is 2.60. The molecule has 19 heavy (non-hydrogen) atoms. The molecule has 3 nitrogen and oxygen atoms in total. The second-order valence-corrected chi connectivity index (χ2v) is 5.01. The predicted octanol–water partition coefficient (Wildman–Crippen LogP) is 3.05. The van der Waals surface area contributed by atoms with Crippen LogP contribution in [-0.2, 0) is 9.59 Å². The van der Waals surface area contributed by atoms with E-state index in [-0.39, 0.29) is 17.9 Å². The van der Waals surface area contributed by atoms with Crippen molar-refractivity contribution in [2.75, 3.05) is 6.54 Å². The van der Waals surface area contributed by atoms with Gasteiger partial charge in [-0.25, -0.2) is 4.39 Å². The van der Waals surface area contributed by atoms with E-state index < -0.39 is 11.8 Å². The number of carbonyl (C=O) groups is 2. The van der Waals surface area contributed by atoms with Gasteiger partial charge in [0.25, 0.3) is 11.8 Å². The zero-order valence-electron chi connectivity index (χ0n) is 11.2. The SMILES string of the molecule is C=CC1=C(C)C(=O)N(CC(F)=C2CCCCC2)C1=O. The molecule has 0 saturated heterocycles. The molecule has 0 unspecified atom stereocenters. The molecule has 1 saturated carbocycles. The summed E-state index contributed by atoms with van der Waals surface area (Å²) >= 11 is 0. The lowest BCUT2D eigenvalue weighted by Gasteiger charge is -2.18. The van der Waals surface area contributed by atoms with Crippen molar-refractivity contribution in [3.63, 3.8) is 0 Å². The van der Waals surface area contributed by atoms with Gasteiger partial charge in [-0.3, -0.25) is 14.5 Å². The van der Waals surface area contributed by atoms with Crippen LogP contribution in [0.1, 0.15) is 39.0 Å². The van der Waals surface area contributed by atoms with Gasteiger partial charge in [0.15, 0.2) is 0 Å². The Morgan fingerprint density at radius 2 is 1.89 bits per heavy atom. The number of halogens is 1. The molecule has 0 aromatic heterocycles. The van der Waals surface area contributed by atoms with E-state index >= 15 is 0 Å². The highest BCUT2D eigenvalue weighted by Crippen LogP contribution is 2.28. The Morgan fingerprint density at radius 3 is 2.42 bits per heavy atom. The molecule has 2 rings (SSSR count). The van der Waals surface area contributed by atoms with Crippen molar-refractivity contribution in [1.82, 2.24) is 4.90 Å². The van der Waals surface area contributed by atoms with Gasteiger partial charge in [-0.15, -0.1) is 0 Å². The van der Waals surface area contributed by atoms with Gasteiger partial charge >= 0.3 is 0 Å². The average Bonchev–Trinajstić information content (AvgIpc) is 2.63. The fraction of sp³-hybridized carbons (Fsp3) is 0.467. The fourth-order valence-corrected chi connectivity index (χ4v) is 2.60. The van der Waals surface area contributed by atoms with Crippen molar-refractivity contribution in [1.29, 1.82) is 0 Å². The smallest absolute Gasteiger partial charge is 0.261 e. The van der Waals surface area contributed by atoms with Crippen LogP contribution in [0.3, 0.4) is 0 Å². The van der Waals surface area contributed by atoms with Gasteiger partial charge in [-0.2, -0.15) is 0 Å². The van der Waals surface area contributed by atoms with Crippen LogP contribution < -0.4 is 0 Å². The van der Waals surface area contributed by atoms with Crippen molar-refractivity contribution in [3.8, 4) is 0 Å². The zero-order valence-corrected chi connectivity index (χ0v) is 11.2. The van der Waals surface area contributed by atoms with Crippen molar-refractivity contribution in [2.24, 2.45) is 0 Å². The lowest BCUT2D eigenvalue weighted by molar-refractivity contribution is -0.137. The predicted molar refractivity (Wildman–Crippen MR) is 70.8 cm³/mol. The standard InChI is InChI=1S/C15H18FNO2/c1-3-12-10(2)14(18)17(15(12)19)9-13(16)11-7-5-4-6-8-11/h3H,1,4-9H2,2H3. The molecule has 2 aliphatic rings. The van der Waals surface area contributed by atoms with Crippen LogP contribution in [-0.4, -0.2) is 23.3 Å². The Labute approximate surface area is 112 Å². The summed E-state index contributed by atoms with van der Waals surface area (Å²) in [4.78, 5) is 24.9. The molecular weight excluding hydrogens is 245 g/mol. The molecule has 4 heteroatoms. The second kappa shape index (κ2) is 5.51. The Hall–Kier alpha value is -1.71. The van der Waals surface area contributed by atoms with Gasteiger partial charge in [-0.05, 0) is 38.2 Å². The third-order valence-electron chi connectivity index (χ3n) is 3.79. The largest absolute Gasteiger partial charge is 0.269 e. The zero-order chi connectivity index (χ0) is 14.0. The van der Waals surface area contributed by atoms with E-state index in [2.05, 4.69) is 6.58 Å². The monoisotopic (exact) mass is 263 g/mol. The second-order valence-electron chi connectivity index (χ2n) is 5.01. The molecule has 0 spiro atoms. The molecule has 0 bridgehead atoms. The van der Waals surface area contributed by atoms with E-state index in [0.29, 0.717) is 5.57 Å². The maximum atomic E-state index is 14.1. The number of carbonyl (C=O) groups excluding carboxylic acids is 2. The third kappa shape index (κ3) is 2.53. The highest BCUT2D eigenvalue weighted by atomic mass is 19.1. The average molecular weight is 263 g/mol. The topological polar surface area (TPSA) is 37.4 Å². The third-order valence-corrected chi connectivity index (χ3v) is 3.79. The number of nitrogens with zero attached hydrogens (tertiary/aromatic N) is 1. The van der Waals surface area contributed by atoms with Crippen molar-refractivity contribution in [2.45, 2.75) is 39.0 Å². The Morgan fingerprint density at radius 1 is 1.26 bits per heavy atom. The minimum Gasteiger partial charge on any atom is -0.269 e. The van der Waals surface area contributed by atoms with Crippen LogP contribution in [0.25, 0.3) is 0 Å². The highest BCUT2D eigenvalue weighted by Gasteiger charge is 2.35. The number of imide groups is 1. The lowest BCUT2D eigenvalue weighted by atomic mass is 9.94.